The molecule has 1 amide bonds. The Hall–Kier alpha value is -1.55. The highest BCUT2D eigenvalue weighted by Gasteiger charge is 2.48. The third-order valence-electron chi connectivity index (χ3n) is 5.66. The Balaban J connectivity index is 1.74. The standard InChI is InChI=1S/C18H24N2O2/c1-19-9-7-18(8-10-19)12-20(17(21)13-3-4-13)16-6-5-14(22-2)11-15(16)18/h5-6,11,13H,3-4,7-10,12H2,1-2H3. The van der Waals surface area contributed by atoms with Crippen LogP contribution < -0.4 is 9.64 Å². The van der Waals surface area contributed by atoms with Crippen molar-refractivity contribution in [3.05, 3.63) is 23.8 Å². The van der Waals surface area contributed by atoms with Gasteiger partial charge in [-0.05, 0) is 69.6 Å². The number of methoxy groups -OCH3 is 1. The van der Waals surface area contributed by atoms with Crippen molar-refractivity contribution in [3.63, 3.8) is 0 Å². The molecular weight excluding hydrogens is 276 g/mol. The molecule has 0 aromatic heterocycles. The summed E-state index contributed by atoms with van der Waals surface area (Å²) < 4.78 is 5.44. The van der Waals surface area contributed by atoms with Crippen LogP contribution in [0.1, 0.15) is 31.2 Å². The molecule has 1 saturated heterocycles. The summed E-state index contributed by atoms with van der Waals surface area (Å²) in [6.45, 7) is 3.06. The van der Waals surface area contributed by atoms with Crippen LogP contribution in [0.2, 0.25) is 0 Å². The first-order chi connectivity index (χ1) is 10.6. The number of rotatable bonds is 2. The highest BCUT2D eigenvalue weighted by atomic mass is 16.5. The average molecular weight is 300 g/mol. The fourth-order valence-electron chi connectivity index (χ4n) is 4.00. The second-order valence-corrected chi connectivity index (χ2v) is 7.17. The van der Waals surface area contributed by atoms with Crippen molar-refractivity contribution >= 4 is 11.6 Å². The van der Waals surface area contributed by atoms with Gasteiger partial charge in [0.05, 0.1) is 7.11 Å². The predicted molar refractivity (Wildman–Crippen MR) is 86.5 cm³/mol. The van der Waals surface area contributed by atoms with Gasteiger partial charge in [0, 0.05) is 23.6 Å². The number of piperidine rings is 1. The van der Waals surface area contributed by atoms with Gasteiger partial charge in [-0.1, -0.05) is 0 Å². The van der Waals surface area contributed by atoms with Crippen LogP contribution in [0.5, 0.6) is 5.75 Å². The van der Waals surface area contributed by atoms with Crippen LogP contribution in [0.3, 0.4) is 0 Å². The number of benzene rings is 1. The average Bonchev–Trinajstić information content (AvgIpc) is 3.34. The molecular formula is C18H24N2O2. The van der Waals surface area contributed by atoms with Gasteiger partial charge >= 0.3 is 0 Å². The van der Waals surface area contributed by atoms with Gasteiger partial charge in [0.15, 0.2) is 0 Å². The van der Waals surface area contributed by atoms with Gasteiger partial charge in [-0.25, -0.2) is 0 Å². The number of likely N-dealkylation sites (tertiary alicyclic amines) is 1. The minimum absolute atomic E-state index is 0.126. The molecule has 2 aliphatic heterocycles. The number of nitrogens with zero attached hydrogens (tertiary/aromatic N) is 2. The predicted octanol–water partition coefficient (Wildman–Crippen LogP) is 2.42. The second kappa shape index (κ2) is 4.98. The minimum atomic E-state index is 0.126. The van der Waals surface area contributed by atoms with Gasteiger partial charge in [-0.2, -0.15) is 0 Å². The molecule has 22 heavy (non-hydrogen) atoms. The normalized spacial score (nSPS) is 23.6. The van der Waals surface area contributed by atoms with Crippen molar-refractivity contribution < 1.29 is 9.53 Å². The molecule has 0 bridgehead atoms. The van der Waals surface area contributed by atoms with E-state index < -0.39 is 0 Å². The molecule has 1 aromatic carbocycles. The van der Waals surface area contributed by atoms with Crippen LogP contribution in [0.4, 0.5) is 5.69 Å². The SMILES string of the molecule is COc1ccc2c(c1)C1(CCN(C)CC1)CN2C(=O)C1CC1. The van der Waals surface area contributed by atoms with Crippen LogP contribution in [0.15, 0.2) is 18.2 Å². The fraction of sp³-hybridized carbons (Fsp3) is 0.611. The molecule has 0 radical (unpaired) electrons. The molecule has 0 N–H and O–H groups in total. The number of fused-ring (bicyclic) bond motifs is 2. The van der Waals surface area contributed by atoms with Crippen molar-refractivity contribution in [1.29, 1.82) is 0 Å². The highest BCUT2D eigenvalue weighted by Crippen LogP contribution is 2.49. The summed E-state index contributed by atoms with van der Waals surface area (Å²) in [5, 5.41) is 0. The molecule has 1 aromatic rings. The maximum Gasteiger partial charge on any atom is 0.230 e. The lowest BCUT2D eigenvalue weighted by Crippen LogP contribution is -2.45. The smallest absolute Gasteiger partial charge is 0.230 e. The van der Waals surface area contributed by atoms with E-state index in [1.54, 1.807) is 7.11 Å². The monoisotopic (exact) mass is 300 g/mol. The Kier molecular flexibility index (Phi) is 3.19. The zero-order chi connectivity index (χ0) is 15.3. The van der Waals surface area contributed by atoms with Gasteiger partial charge < -0.3 is 14.5 Å². The molecule has 4 rings (SSSR count). The first-order valence-electron chi connectivity index (χ1n) is 8.31. The number of hydrogen-bond donors (Lipinski definition) is 0. The van der Waals surface area contributed by atoms with Gasteiger partial charge in [0.2, 0.25) is 5.91 Å². The van der Waals surface area contributed by atoms with Crippen LogP contribution in [-0.4, -0.2) is 44.6 Å². The summed E-state index contributed by atoms with van der Waals surface area (Å²) in [6.07, 6.45) is 4.38. The molecule has 2 heterocycles. The molecule has 4 heteroatoms. The van der Waals surface area contributed by atoms with Gasteiger partial charge in [-0.3, -0.25) is 4.79 Å². The Labute approximate surface area is 132 Å². The van der Waals surface area contributed by atoms with E-state index in [0.717, 1.165) is 56.8 Å². The van der Waals surface area contributed by atoms with Crippen LogP contribution in [-0.2, 0) is 10.2 Å². The lowest BCUT2D eigenvalue weighted by molar-refractivity contribution is -0.119. The summed E-state index contributed by atoms with van der Waals surface area (Å²) in [5.41, 5.74) is 2.58. The number of carbonyl (C=O) groups excluding carboxylic acids is 1. The first-order valence-corrected chi connectivity index (χ1v) is 8.31. The molecule has 3 aliphatic rings. The number of carbonyl (C=O) groups is 1. The maximum atomic E-state index is 12.7. The molecule has 118 valence electrons. The van der Waals surface area contributed by atoms with Gasteiger partial charge in [-0.15, -0.1) is 0 Å². The van der Waals surface area contributed by atoms with Crippen molar-refractivity contribution in [2.75, 3.05) is 38.7 Å². The maximum absolute atomic E-state index is 12.7. The van der Waals surface area contributed by atoms with Gasteiger partial charge in [0.1, 0.15) is 5.75 Å². The van der Waals surface area contributed by atoms with Crippen molar-refractivity contribution in [2.24, 2.45) is 5.92 Å². The van der Waals surface area contributed by atoms with E-state index >= 15 is 0 Å². The second-order valence-electron chi connectivity index (χ2n) is 7.17. The number of anilines is 1. The molecule has 0 unspecified atom stereocenters. The lowest BCUT2D eigenvalue weighted by atomic mass is 9.74. The summed E-state index contributed by atoms with van der Waals surface area (Å²) >= 11 is 0. The van der Waals surface area contributed by atoms with E-state index in [0.29, 0.717) is 5.91 Å². The van der Waals surface area contributed by atoms with E-state index in [9.17, 15) is 4.79 Å². The molecule has 0 atom stereocenters. The lowest BCUT2D eigenvalue weighted by Gasteiger charge is -2.38. The van der Waals surface area contributed by atoms with E-state index in [2.05, 4.69) is 29.0 Å². The topological polar surface area (TPSA) is 32.8 Å². The quantitative estimate of drug-likeness (QED) is 0.841. The highest BCUT2D eigenvalue weighted by molar-refractivity contribution is 5.99. The Bertz CT molecular complexity index is 601. The fourth-order valence-corrected chi connectivity index (χ4v) is 4.00. The number of amides is 1. The van der Waals surface area contributed by atoms with Crippen LogP contribution in [0.25, 0.3) is 0 Å². The molecule has 1 saturated carbocycles. The van der Waals surface area contributed by atoms with Crippen molar-refractivity contribution in [2.45, 2.75) is 31.1 Å². The van der Waals surface area contributed by atoms with E-state index in [4.69, 9.17) is 4.74 Å². The summed E-state index contributed by atoms with van der Waals surface area (Å²) in [5.74, 6) is 1.51. The van der Waals surface area contributed by atoms with E-state index in [1.807, 2.05) is 6.07 Å². The van der Waals surface area contributed by atoms with Crippen LogP contribution >= 0.6 is 0 Å². The molecule has 4 nitrogen and oxygen atoms in total. The zero-order valence-corrected chi connectivity index (χ0v) is 13.5. The summed E-state index contributed by atoms with van der Waals surface area (Å²) in [4.78, 5) is 17.2. The number of ether oxygens (including phenoxy) is 1. The Morgan fingerprint density at radius 2 is 2.00 bits per heavy atom. The molecule has 2 fully saturated rings. The van der Waals surface area contributed by atoms with Crippen molar-refractivity contribution in [3.8, 4) is 5.75 Å². The first kappa shape index (κ1) is 14.1. The minimum Gasteiger partial charge on any atom is -0.497 e. The number of hydrogen-bond acceptors (Lipinski definition) is 3. The van der Waals surface area contributed by atoms with E-state index in [1.165, 1.54) is 5.56 Å². The zero-order valence-electron chi connectivity index (χ0n) is 13.5. The Morgan fingerprint density at radius 3 is 2.64 bits per heavy atom. The van der Waals surface area contributed by atoms with E-state index in [-0.39, 0.29) is 11.3 Å². The summed E-state index contributed by atoms with van der Waals surface area (Å²) in [7, 11) is 3.90. The molecule has 1 spiro atoms. The third-order valence-corrected chi connectivity index (χ3v) is 5.66. The Morgan fingerprint density at radius 1 is 1.27 bits per heavy atom. The summed E-state index contributed by atoms with van der Waals surface area (Å²) in [6, 6.07) is 6.24. The molecule has 1 aliphatic carbocycles. The van der Waals surface area contributed by atoms with Gasteiger partial charge in [0.25, 0.3) is 0 Å². The van der Waals surface area contributed by atoms with Crippen molar-refractivity contribution in [1.82, 2.24) is 4.90 Å². The third kappa shape index (κ3) is 2.12. The largest absolute Gasteiger partial charge is 0.497 e. The van der Waals surface area contributed by atoms with Crippen LogP contribution in [0, 0.1) is 5.92 Å².